The summed E-state index contributed by atoms with van der Waals surface area (Å²) < 4.78 is 110. The van der Waals surface area contributed by atoms with Crippen LogP contribution in [0, 0.1) is 0 Å². The van der Waals surface area contributed by atoms with Gasteiger partial charge in [0.2, 0.25) is 0 Å². The van der Waals surface area contributed by atoms with Crippen molar-refractivity contribution in [3.63, 3.8) is 0 Å². The molecule has 4 rings (SSSR count). The lowest BCUT2D eigenvalue weighted by Gasteiger charge is -2.51. The lowest BCUT2D eigenvalue weighted by atomic mass is 9.95. The Bertz CT molecular complexity index is 2230. The maximum Gasteiger partial charge on any atom is 0.303 e. The minimum absolute atomic E-state index is 0.690. The molecule has 32 nitrogen and oxygen atoms in total. The molecule has 4 aliphatic rings. The summed E-state index contributed by atoms with van der Waals surface area (Å²) in [5.74, 6) is -12.2. The third kappa shape index (κ3) is 19.3. The van der Waals surface area contributed by atoms with Crippen LogP contribution in [0.4, 0.5) is 0 Å². The Kier molecular flexibility index (Phi) is 24.2. The van der Waals surface area contributed by atoms with Crippen LogP contribution in [0.2, 0.25) is 0 Å². The Morgan fingerprint density at radius 1 is 0.316 bits per heavy atom. The molecule has 0 aromatic heterocycles. The largest absolute Gasteiger partial charge is 0.463 e. The van der Waals surface area contributed by atoms with Gasteiger partial charge in [-0.05, 0) is 0 Å². The highest BCUT2D eigenvalue weighted by molar-refractivity contribution is 5.71. The molecule has 0 radical (unpaired) electrons. The molecule has 0 saturated carbocycles. The van der Waals surface area contributed by atoms with Gasteiger partial charge in [-0.1, -0.05) is 0 Å². The average Bonchev–Trinajstić information content (AvgIpc) is 3.35. The Hall–Kier alpha value is -6.68. The average molecular weight is 1140 g/mol. The highest BCUT2D eigenvalue weighted by Gasteiger charge is 2.61. The van der Waals surface area contributed by atoms with E-state index in [9.17, 15) is 62.6 Å². The molecular weight excluding hydrogens is 1080 g/mol. The lowest BCUT2D eigenvalue weighted by Crippen LogP contribution is -2.70. The fourth-order valence-electron chi connectivity index (χ4n) is 8.58. The second-order valence-electron chi connectivity index (χ2n) is 17.8. The molecule has 0 aromatic carbocycles. The maximum absolute atomic E-state index is 13.2. The quantitative estimate of drug-likeness (QED) is 0.0936. The number of hydrogen-bond donors (Lipinski definition) is 1. The molecule has 0 aliphatic carbocycles. The molecule has 79 heavy (non-hydrogen) atoms. The topological polar surface area (TPSA) is 400 Å². The van der Waals surface area contributed by atoms with Crippen molar-refractivity contribution in [3.8, 4) is 0 Å². The molecule has 4 heterocycles. The minimum Gasteiger partial charge on any atom is -0.463 e. The highest BCUT2D eigenvalue weighted by atomic mass is 16.8. The van der Waals surface area contributed by atoms with E-state index in [0.717, 1.165) is 83.1 Å². The van der Waals surface area contributed by atoms with Crippen molar-refractivity contribution in [1.82, 2.24) is 0 Å². The predicted octanol–water partition coefficient (Wildman–Crippen LogP) is -2.26. The van der Waals surface area contributed by atoms with Crippen LogP contribution in [-0.4, -0.2) is 220 Å². The van der Waals surface area contributed by atoms with Crippen molar-refractivity contribution in [1.29, 1.82) is 0 Å². The number of aliphatic hydroxyl groups is 1. The van der Waals surface area contributed by atoms with Crippen LogP contribution in [0.5, 0.6) is 0 Å². The number of rotatable bonds is 21. The Morgan fingerprint density at radius 3 is 1.04 bits per heavy atom. The zero-order valence-corrected chi connectivity index (χ0v) is 44.9. The van der Waals surface area contributed by atoms with E-state index in [4.69, 9.17) is 90.0 Å². The third-order valence-electron chi connectivity index (χ3n) is 11.1. The molecular formula is C47H64O32. The maximum atomic E-state index is 13.2. The van der Waals surface area contributed by atoms with Gasteiger partial charge in [0.05, 0.1) is 6.61 Å². The Morgan fingerprint density at radius 2 is 0.620 bits per heavy atom. The van der Waals surface area contributed by atoms with E-state index in [1.165, 1.54) is 0 Å². The molecule has 0 spiro atoms. The van der Waals surface area contributed by atoms with Gasteiger partial charge < -0.3 is 95.1 Å². The summed E-state index contributed by atoms with van der Waals surface area (Å²) in [6, 6.07) is 0. The van der Waals surface area contributed by atoms with Gasteiger partial charge in [-0.2, -0.15) is 0 Å². The summed E-state index contributed by atoms with van der Waals surface area (Å²) in [7, 11) is 0. The minimum atomic E-state index is -2.29. The molecule has 32 heteroatoms. The highest BCUT2D eigenvalue weighted by Crippen LogP contribution is 2.40. The number of aliphatic hydroxyl groups excluding tert-OH is 1. The van der Waals surface area contributed by atoms with Crippen molar-refractivity contribution >= 4 is 71.6 Å². The summed E-state index contributed by atoms with van der Waals surface area (Å²) in [4.78, 5) is 152. The van der Waals surface area contributed by atoms with E-state index in [1.54, 1.807) is 0 Å². The first-order valence-electron chi connectivity index (χ1n) is 24.1. The Labute approximate surface area is 449 Å². The second-order valence-corrected chi connectivity index (χ2v) is 17.8. The zero-order valence-electron chi connectivity index (χ0n) is 44.9. The summed E-state index contributed by atoms with van der Waals surface area (Å²) >= 11 is 0. The SMILES string of the molecule is CC(=O)OC[C@H]1OC(O)[C@H](OC(C)=O)[C@@H](OC(C)=O)[C@H]1O[C@@H]1O[C@H](COC(C)=O)[C@@H](OC(C)=O)[C@H](O[C@@H]2OC[C@@H](OC(C)=O)[C@H](OC(C)=O)[C@H]2OC(C)=O)[C@H]1O[C@@H]1O[C@H](COC(C)=O)[C@@H](OC(C)=O)[C@H](OC(C)=O)[C@H]1OC(C)=O. The molecule has 444 valence electrons. The van der Waals surface area contributed by atoms with Crippen molar-refractivity contribution < 1.29 is 153 Å². The summed E-state index contributed by atoms with van der Waals surface area (Å²) in [6.07, 6.45) is -37.2. The number of ether oxygens (including phenoxy) is 19. The zero-order chi connectivity index (χ0) is 59.2. The predicted molar refractivity (Wildman–Crippen MR) is 242 cm³/mol. The van der Waals surface area contributed by atoms with Gasteiger partial charge in [0.15, 0.2) is 80.1 Å². The van der Waals surface area contributed by atoms with Crippen molar-refractivity contribution in [2.75, 3.05) is 26.4 Å². The molecule has 4 saturated heterocycles. The molecule has 1 N–H and O–H groups in total. The van der Waals surface area contributed by atoms with Crippen molar-refractivity contribution in [2.24, 2.45) is 0 Å². The van der Waals surface area contributed by atoms with Crippen LogP contribution in [0.3, 0.4) is 0 Å². The standard InChI is InChI=1S/C47H64O32/c1-17(48)61-13-30-35(37(69-24(8)55)40(44(60)74-30)71-26(10)57)77-47-43(79-46-42(73-28(12)59)38(70-25(9)56)33(66-21(5)52)31(75-46)14-62-18(2)49)39(34(67-22(6)53)32(76-47)15-63-19(3)50)78-45-41(72-27(11)58)36(68-23(7)54)29(16-64-45)65-20(4)51/h29-47,60H,13-16H2,1-12H3/t29-,30-,31-,32-,33-,34-,35+,36+,37+,38+,39+,40-,41-,42-,43-,44?,45+,46+,47+/m1/s1. The van der Waals surface area contributed by atoms with E-state index in [0.29, 0.717) is 0 Å². The molecule has 4 fully saturated rings. The molecule has 0 bridgehead atoms. The lowest BCUT2D eigenvalue weighted by molar-refractivity contribution is -0.402. The van der Waals surface area contributed by atoms with Gasteiger partial charge in [0.1, 0.15) is 56.4 Å². The number of carbonyl (C=O) groups is 12. The van der Waals surface area contributed by atoms with Crippen LogP contribution in [-0.2, 0) is 148 Å². The smallest absolute Gasteiger partial charge is 0.303 e. The van der Waals surface area contributed by atoms with Gasteiger partial charge >= 0.3 is 71.6 Å². The first kappa shape index (κ1) is 64.8. The van der Waals surface area contributed by atoms with E-state index in [1.807, 2.05) is 0 Å². The monoisotopic (exact) mass is 1140 g/mol. The van der Waals surface area contributed by atoms with Gasteiger partial charge in [0.25, 0.3) is 0 Å². The van der Waals surface area contributed by atoms with E-state index < -0.39 is 215 Å². The van der Waals surface area contributed by atoms with Crippen molar-refractivity contribution in [2.45, 2.75) is 200 Å². The first-order valence-corrected chi connectivity index (χ1v) is 24.1. The van der Waals surface area contributed by atoms with E-state index in [2.05, 4.69) is 0 Å². The van der Waals surface area contributed by atoms with E-state index in [-0.39, 0.29) is 0 Å². The molecule has 19 atom stereocenters. The molecule has 0 amide bonds. The summed E-state index contributed by atoms with van der Waals surface area (Å²) in [5, 5.41) is 11.2. The Balaban J connectivity index is 2.13. The van der Waals surface area contributed by atoms with Crippen LogP contribution >= 0.6 is 0 Å². The molecule has 0 aromatic rings. The normalized spacial score (nSPS) is 33.2. The fraction of sp³-hybridized carbons (Fsp3) is 0.745. The summed E-state index contributed by atoms with van der Waals surface area (Å²) in [6.45, 7) is 8.24. The molecule has 4 aliphatic heterocycles. The fourth-order valence-corrected chi connectivity index (χ4v) is 8.58. The molecule has 1 unspecified atom stereocenters. The van der Waals surface area contributed by atoms with Gasteiger partial charge in [0, 0.05) is 83.1 Å². The number of hydrogen-bond acceptors (Lipinski definition) is 32. The van der Waals surface area contributed by atoms with Gasteiger partial charge in [-0.15, -0.1) is 0 Å². The van der Waals surface area contributed by atoms with Crippen LogP contribution < -0.4 is 0 Å². The number of esters is 12. The first-order chi connectivity index (χ1) is 36.9. The van der Waals surface area contributed by atoms with Crippen molar-refractivity contribution in [3.05, 3.63) is 0 Å². The number of carbonyl (C=O) groups excluding carboxylic acids is 12. The third-order valence-corrected chi connectivity index (χ3v) is 11.1. The second kappa shape index (κ2) is 29.5. The van der Waals surface area contributed by atoms with Crippen LogP contribution in [0.25, 0.3) is 0 Å². The van der Waals surface area contributed by atoms with E-state index >= 15 is 0 Å². The van der Waals surface area contributed by atoms with Crippen LogP contribution in [0.15, 0.2) is 0 Å². The van der Waals surface area contributed by atoms with Gasteiger partial charge in [-0.25, -0.2) is 0 Å². The van der Waals surface area contributed by atoms with Crippen LogP contribution in [0.1, 0.15) is 83.1 Å². The van der Waals surface area contributed by atoms with Gasteiger partial charge in [-0.3, -0.25) is 57.5 Å². The summed E-state index contributed by atoms with van der Waals surface area (Å²) in [5.41, 5.74) is 0.